The van der Waals surface area contributed by atoms with Gasteiger partial charge in [-0.1, -0.05) is 49.4 Å². The molecule has 0 radical (unpaired) electrons. The van der Waals surface area contributed by atoms with Crippen LogP contribution in [-0.2, 0) is 0 Å². The first-order valence-corrected chi connectivity index (χ1v) is 8.72. The smallest absolute Gasteiger partial charge is 0.163 e. The van der Waals surface area contributed by atoms with Crippen LogP contribution in [-0.4, -0.2) is 22.3 Å². The summed E-state index contributed by atoms with van der Waals surface area (Å²) >= 11 is 0. The third-order valence-corrected chi connectivity index (χ3v) is 3.86. The van der Waals surface area contributed by atoms with E-state index in [0.29, 0.717) is 17.2 Å². The molecule has 26 heavy (non-hydrogen) atoms. The minimum Gasteiger partial charge on any atom is -0.370 e. The molecule has 1 heterocycles. The van der Waals surface area contributed by atoms with Gasteiger partial charge in [-0.05, 0) is 25.5 Å². The summed E-state index contributed by atoms with van der Waals surface area (Å²) in [6.07, 6.45) is 1.01. The minimum absolute atomic E-state index is 0.0339. The van der Waals surface area contributed by atoms with Crippen LogP contribution in [0.3, 0.4) is 0 Å². The summed E-state index contributed by atoms with van der Waals surface area (Å²) in [6.45, 7) is 4.51. The van der Waals surface area contributed by atoms with Crippen LogP contribution >= 0.6 is 0 Å². The van der Waals surface area contributed by atoms with Crippen molar-refractivity contribution in [3.8, 4) is 11.4 Å². The normalized spacial score (nSPS) is 10.4. The van der Waals surface area contributed by atoms with E-state index in [0.717, 1.165) is 30.0 Å². The Kier molecular flexibility index (Phi) is 5.59. The third-order valence-electron chi connectivity index (χ3n) is 3.86. The highest BCUT2D eigenvalue weighted by atomic mass is 16.1. The summed E-state index contributed by atoms with van der Waals surface area (Å²) in [5, 5.41) is 6.60. The number of Topliss-reactive ketones (excluding diaryl/α,β-unsaturated/α-hetero) is 1. The van der Waals surface area contributed by atoms with Crippen molar-refractivity contribution in [2.75, 3.05) is 17.2 Å². The highest BCUT2D eigenvalue weighted by Gasteiger charge is 2.08. The van der Waals surface area contributed by atoms with E-state index in [4.69, 9.17) is 0 Å². The summed E-state index contributed by atoms with van der Waals surface area (Å²) in [5.41, 5.74) is 2.43. The Morgan fingerprint density at radius 1 is 0.962 bits per heavy atom. The first-order valence-electron chi connectivity index (χ1n) is 8.72. The van der Waals surface area contributed by atoms with Gasteiger partial charge in [-0.2, -0.15) is 0 Å². The maximum atomic E-state index is 11.6. The van der Waals surface area contributed by atoms with E-state index in [9.17, 15) is 4.79 Å². The Morgan fingerprint density at radius 3 is 2.46 bits per heavy atom. The molecule has 0 bridgehead atoms. The van der Waals surface area contributed by atoms with Gasteiger partial charge in [0.05, 0.1) is 0 Å². The number of carbonyl (C=O) groups is 1. The van der Waals surface area contributed by atoms with Crippen molar-refractivity contribution >= 4 is 23.1 Å². The Labute approximate surface area is 153 Å². The Morgan fingerprint density at radius 2 is 1.73 bits per heavy atom. The van der Waals surface area contributed by atoms with E-state index in [2.05, 4.69) is 27.5 Å². The zero-order chi connectivity index (χ0) is 18.4. The van der Waals surface area contributed by atoms with Gasteiger partial charge in [-0.25, -0.2) is 9.97 Å². The number of nitrogens with one attached hydrogen (secondary N) is 2. The third kappa shape index (κ3) is 4.45. The zero-order valence-electron chi connectivity index (χ0n) is 15.0. The monoisotopic (exact) mass is 346 g/mol. The van der Waals surface area contributed by atoms with Gasteiger partial charge in [0.2, 0.25) is 0 Å². The largest absolute Gasteiger partial charge is 0.370 e. The SMILES string of the molecule is CCCNc1cc(Nc2cccc(C(C)=O)c2)nc(-c2ccccc2)n1. The lowest BCUT2D eigenvalue weighted by Gasteiger charge is -2.12. The summed E-state index contributed by atoms with van der Waals surface area (Å²) < 4.78 is 0. The van der Waals surface area contributed by atoms with E-state index in [1.165, 1.54) is 0 Å². The van der Waals surface area contributed by atoms with E-state index < -0.39 is 0 Å². The van der Waals surface area contributed by atoms with Gasteiger partial charge < -0.3 is 10.6 Å². The molecule has 2 aromatic carbocycles. The van der Waals surface area contributed by atoms with Crippen molar-refractivity contribution in [3.05, 3.63) is 66.2 Å². The van der Waals surface area contributed by atoms with Crippen molar-refractivity contribution in [2.45, 2.75) is 20.3 Å². The van der Waals surface area contributed by atoms with Crippen LogP contribution in [0.4, 0.5) is 17.3 Å². The van der Waals surface area contributed by atoms with Crippen LogP contribution < -0.4 is 10.6 Å². The van der Waals surface area contributed by atoms with Crippen molar-refractivity contribution < 1.29 is 4.79 Å². The average Bonchev–Trinajstić information content (AvgIpc) is 2.67. The quantitative estimate of drug-likeness (QED) is 0.595. The molecule has 3 rings (SSSR count). The highest BCUT2D eigenvalue weighted by molar-refractivity contribution is 5.95. The number of benzene rings is 2. The second-order valence-electron chi connectivity index (χ2n) is 6.02. The molecule has 0 atom stereocenters. The number of hydrogen-bond acceptors (Lipinski definition) is 5. The van der Waals surface area contributed by atoms with Crippen molar-refractivity contribution in [1.82, 2.24) is 9.97 Å². The van der Waals surface area contributed by atoms with Crippen LogP contribution in [0.15, 0.2) is 60.7 Å². The summed E-state index contributed by atoms with van der Waals surface area (Å²) in [7, 11) is 0. The summed E-state index contributed by atoms with van der Waals surface area (Å²) in [4.78, 5) is 20.8. The standard InChI is InChI=1S/C21H22N4O/c1-3-12-22-19-14-20(23-18-11-7-10-17(13-18)15(2)26)25-21(24-19)16-8-5-4-6-9-16/h4-11,13-14H,3,12H2,1-2H3,(H2,22,23,24,25). The lowest BCUT2D eigenvalue weighted by molar-refractivity contribution is 0.101. The molecule has 2 N–H and O–H groups in total. The Balaban J connectivity index is 1.95. The van der Waals surface area contributed by atoms with Gasteiger partial charge in [-0.3, -0.25) is 4.79 Å². The molecule has 5 heteroatoms. The molecule has 0 saturated heterocycles. The number of aromatic nitrogens is 2. The van der Waals surface area contributed by atoms with Gasteiger partial charge in [0, 0.05) is 29.4 Å². The van der Waals surface area contributed by atoms with Crippen LogP contribution in [0.2, 0.25) is 0 Å². The molecule has 0 aliphatic rings. The van der Waals surface area contributed by atoms with Gasteiger partial charge in [0.15, 0.2) is 11.6 Å². The highest BCUT2D eigenvalue weighted by Crippen LogP contribution is 2.23. The van der Waals surface area contributed by atoms with E-state index in [-0.39, 0.29) is 5.78 Å². The lowest BCUT2D eigenvalue weighted by atomic mass is 10.1. The predicted molar refractivity (Wildman–Crippen MR) is 106 cm³/mol. The molecule has 0 saturated carbocycles. The molecule has 0 unspecified atom stereocenters. The zero-order valence-corrected chi connectivity index (χ0v) is 15.0. The summed E-state index contributed by atoms with van der Waals surface area (Å²) in [6, 6.07) is 19.1. The average molecular weight is 346 g/mol. The molecule has 0 spiro atoms. The maximum absolute atomic E-state index is 11.6. The fourth-order valence-corrected chi connectivity index (χ4v) is 2.54. The summed E-state index contributed by atoms with van der Waals surface area (Å²) in [5.74, 6) is 2.13. The van der Waals surface area contributed by atoms with E-state index in [1.54, 1.807) is 13.0 Å². The maximum Gasteiger partial charge on any atom is 0.163 e. The molecule has 0 aliphatic heterocycles. The molecule has 3 aromatic rings. The molecule has 0 amide bonds. The second kappa shape index (κ2) is 8.25. The van der Waals surface area contributed by atoms with Gasteiger partial charge >= 0.3 is 0 Å². The van der Waals surface area contributed by atoms with Gasteiger partial charge in [0.1, 0.15) is 11.6 Å². The molecule has 5 nitrogen and oxygen atoms in total. The Bertz CT molecular complexity index is 894. The fourth-order valence-electron chi connectivity index (χ4n) is 2.54. The van der Waals surface area contributed by atoms with Gasteiger partial charge in [0.25, 0.3) is 0 Å². The van der Waals surface area contributed by atoms with Crippen molar-refractivity contribution in [2.24, 2.45) is 0 Å². The van der Waals surface area contributed by atoms with Crippen LogP contribution in [0.25, 0.3) is 11.4 Å². The van der Waals surface area contributed by atoms with Gasteiger partial charge in [-0.15, -0.1) is 0 Å². The van der Waals surface area contributed by atoms with E-state index >= 15 is 0 Å². The first kappa shape index (κ1) is 17.6. The number of nitrogens with zero attached hydrogens (tertiary/aromatic N) is 2. The second-order valence-corrected chi connectivity index (χ2v) is 6.02. The first-order chi connectivity index (χ1) is 12.7. The molecular weight excluding hydrogens is 324 g/mol. The van der Waals surface area contributed by atoms with E-state index in [1.807, 2.05) is 54.6 Å². The predicted octanol–water partition coefficient (Wildman–Crippen LogP) is 4.91. The Hall–Kier alpha value is -3.21. The molecule has 1 aromatic heterocycles. The minimum atomic E-state index is 0.0339. The molecule has 0 aliphatic carbocycles. The number of anilines is 3. The number of rotatable bonds is 7. The number of ketones is 1. The fraction of sp³-hybridized carbons (Fsp3) is 0.190. The number of carbonyl (C=O) groups excluding carboxylic acids is 1. The van der Waals surface area contributed by atoms with Crippen LogP contribution in [0.5, 0.6) is 0 Å². The van der Waals surface area contributed by atoms with Crippen molar-refractivity contribution in [3.63, 3.8) is 0 Å². The number of hydrogen-bond donors (Lipinski definition) is 2. The molecule has 0 fully saturated rings. The molecular formula is C21H22N4O. The van der Waals surface area contributed by atoms with Crippen LogP contribution in [0, 0.1) is 0 Å². The molecule has 132 valence electrons. The van der Waals surface area contributed by atoms with Crippen LogP contribution in [0.1, 0.15) is 30.6 Å². The lowest BCUT2D eigenvalue weighted by Crippen LogP contribution is -2.06. The van der Waals surface area contributed by atoms with Crippen molar-refractivity contribution in [1.29, 1.82) is 0 Å². The topological polar surface area (TPSA) is 66.9 Å².